The third-order valence-electron chi connectivity index (χ3n) is 4.43. The molecule has 0 atom stereocenters. The molecule has 2 heterocycles. The second-order valence-corrected chi connectivity index (χ2v) is 7.64. The maximum absolute atomic E-state index is 12.8. The van der Waals surface area contributed by atoms with Gasteiger partial charge in [0.2, 0.25) is 5.91 Å². The molecule has 1 aromatic heterocycles. The van der Waals surface area contributed by atoms with Crippen LogP contribution >= 0.6 is 11.3 Å². The molecule has 3 rings (SSSR count). The van der Waals surface area contributed by atoms with Crippen molar-refractivity contribution in [2.24, 2.45) is 4.99 Å². The van der Waals surface area contributed by atoms with Crippen molar-refractivity contribution in [2.75, 3.05) is 26.2 Å². The molecule has 0 aliphatic carbocycles. The zero-order chi connectivity index (χ0) is 20.5. The van der Waals surface area contributed by atoms with Crippen LogP contribution < -0.4 is 4.80 Å². The summed E-state index contributed by atoms with van der Waals surface area (Å²) in [6.45, 7) is 5.03. The lowest BCUT2D eigenvalue weighted by atomic mass is 10.2. The second-order valence-electron chi connectivity index (χ2n) is 6.43. The van der Waals surface area contributed by atoms with Crippen LogP contribution in [0, 0.1) is 6.92 Å². The predicted octanol–water partition coefficient (Wildman–Crippen LogP) is 3.05. The van der Waals surface area contributed by atoms with Crippen molar-refractivity contribution in [2.45, 2.75) is 20.0 Å². The van der Waals surface area contributed by atoms with Crippen LogP contribution in [-0.4, -0.2) is 52.5 Å². The van der Waals surface area contributed by atoms with Gasteiger partial charge in [0, 0.05) is 49.9 Å². The van der Waals surface area contributed by atoms with E-state index in [1.54, 1.807) is 20.6 Å². The number of carbonyl (C=O) groups is 2. The van der Waals surface area contributed by atoms with E-state index in [1.807, 2.05) is 6.92 Å². The molecule has 2 aromatic rings. The van der Waals surface area contributed by atoms with Gasteiger partial charge in [-0.1, -0.05) is 0 Å². The van der Waals surface area contributed by atoms with E-state index in [0.29, 0.717) is 36.7 Å². The molecule has 3 amide bonds. The first kappa shape index (κ1) is 20.1. The van der Waals surface area contributed by atoms with Gasteiger partial charge in [0.1, 0.15) is 0 Å². The number of thiazole rings is 1. The number of hydrogen-bond donors (Lipinski definition) is 0. The first-order valence-corrected chi connectivity index (χ1v) is 9.42. The van der Waals surface area contributed by atoms with E-state index >= 15 is 0 Å². The third kappa shape index (κ3) is 4.44. The molecule has 1 fully saturated rings. The highest BCUT2D eigenvalue weighted by molar-refractivity contribution is 7.09. The van der Waals surface area contributed by atoms with Crippen LogP contribution in [-0.2, 0) is 11.0 Å². The number of halogens is 3. The van der Waals surface area contributed by atoms with Gasteiger partial charge in [-0.2, -0.15) is 18.2 Å². The van der Waals surface area contributed by atoms with Crippen LogP contribution in [0.1, 0.15) is 17.4 Å². The molecule has 0 bridgehead atoms. The summed E-state index contributed by atoms with van der Waals surface area (Å²) in [5, 5.41) is 0. The van der Waals surface area contributed by atoms with Gasteiger partial charge < -0.3 is 9.80 Å². The largest absolute Gasteiger partial charge is 0.416 e. The van der Waals surface area contributed by atoms with Crippen LogP contribution in [0.15, 0.2) is 35.5 Å². The fourth-order valence-electron chi connectivity index (χ4n) is 2.89. The minimum atomic E-state index is -4.40. The summed E-state index contributed by atoms with van der Waals surface area (Å²) in [7, 11) is 0. The third-order valence-corrected chi connectivity index (χ3v) is 5.33. The molecule has 0 N–H and O–H groups in total. The van der Waals surface area contributed by atoms with Gasteiger partial charge in [-0.05, 0) is 31.2 Å². The summed E-state index contributed by atoms with van der Waals surface area (Å²) >= 11 is 1.28. The Morgan fingerprint density at radius 1 is 1.04 bits per heavy atom. The molecule has 1 aromatic carbocycles. The van der Waals surface area contributed by atoms with Crippen LogP contribution in [0.3, 0.4) is 0 Å². The maximum Gasteiger partial charge on any atom is 0.416 e. The van der Waals surface area contributed by atoms with Gasteiger partial charge in [0.15, 0.2) is 4.80 Å². The van der Waals surface area contributed by atoms with Crippen LogP contribution in [0.2, 0.25) is 0 Å². The lowest BCUT2D eigenvalue weighted by Gasteiger charge is -2.32. The zero-order valence-corrected chi connectivity index (χ0v) is 16.2. The molecule has 150 valence electrons. The standard InChI is InChI=1S/C18H19F3N4O2S/c1-12-11-25(15-5-3-14(4-6-15)18(19,20)21)17(28-12)22-16(27)24-9-7-23(8-10-24)13(2)26/h3-6,11H,7-10H2,1-2H3/b22-17-. The normalized spacial score (nSPS) is 15.8. The Bertz CT molecular complexity index is 939. The summed E-state index contributed by atoms with van der Waals surface area (Å²) in [6.07, 6.45) is -2.67. The molecule has 10 heteroatoms. The molecule has 0 radical (unpaired) electrons. The van der Waals surface area contributed by atoms with Crippen molar-refractivity contribution in [1.82, 2.24) is 14.4 Å². The van der Waals surface area contributed by atoms with E-state index in [0.717, 1.165) is 17.0 Å². The number of nitrogens with zero attached hydrogens (tertiary/aromatic N) is 4. The summed E-state index contributed by atoms with van der Waals surface area (Å²) < 4.78 is 39.9. The Balaban J connectivity index is 1.84. The fourth-order valence-corrected chi connectivity index (χ4v) is 3.72. The molecule has 0 unspecified atom stereocenters. The fraction of sp³-hybridized carbons (Fsp3) is 0.389. The van der Waals surface area contributed by atoms with Crippen molar-refractivity contribution < 1.29 is 22.8 Å². The number of benzene rings is 1. The van der Waals surface area contributed by atoms with E-state index in [-0.39, 0.29) is 5.91 Å². The summed E-state index contributed by atoms with van der Waals surface area (Å²) in [4.78, 5) is 32.6. The average molecular weight is 412 g/mol. The first-order chi connectivity index (χ1) is 13.1. The highest BCUT2D eigenvalue weighted by Crippen LogP contribution is 2.29. The number of aryl methyl sites for hydroxylation is 1. The van der Waals surface area contributed by atoms with Gasteiger partial charge in [0.25, 0.3) is 0 Å². The first-order valence-electron chi connectivity index (χ1n) is 8.61. The molecule has 0 saturated carbocycles. The Hall–Kier alpha value is -2.62. The smallest absolute Gasteiger partial charge is 0.339 e. The quantitative estimate of drug-likeness (QED) is 0.723. The number of amides is 3. The monoisotopic (exact) mass is 412 g/mol. The number of urea groups is 1. The van der Waals surface area contributed by atoms with Crippen molar-refractivity contribution in [3.8, 4) is 5.69 Å². The minimum Gasteiger partial charge on any atom is -0.339 e. The minimum absolute atomic E-state index is 0.0296. The van der Waals surface area contributed by atoms with E-state index in [2.05, 4.69) is 4.99 Å². The van der Waals surface area contributed by atoms with Gasteiger partial charge in [-0.25, -0.2) is 4.79 Å². The predicted molar refractivity (Wildman–Crippen MR) is 98.2 cm³/mol. The molecule has 1 aliphatic heterocycles. The van der Waals surface area contributed by atoms with E-state index < -0.39 is 17.8 Å². The van der Waals surface area contributed by atoms with Gasteiger partial charge in [0.05, 0.1) is 5.56 Å². The Kier molecular flexibility index (Phi) is 5.59. The van der Waals surface area contributed by atoms with Crippen molar-refractivity contribution in [1.29, 1.82) is 0 Å². The summed E-state index contributed by atoms with van der Waals surface area (Å²) in [6, 6.07) is 4.28. The highest BCUT2D eigenvalue weighted by Gasteiger charge is 2.30. The Labute approximate surface area is 163 Å². The van der Waals surface area contributed by atoms with Crippen molar-refractivity contribution >= 4 is 23.3 Å². The molecular formula is C18H19F3N4O2S. The van der Waals surface area contributed by atoms with E-state index in [4.69, 9.17) is 0 Å². The van der Waals surface area contributed by atoms with E-state index in [1.165, 1.54) is 30.4 Å². The molecule has 28 heavy (non-hydrogen) atoms. The van der Waals surface area contributed by atoms with Crippen LogP contribution in [0.5, 0.6) is 0 Å². The molecule has 0 spiro atoms. The number of piperazine rings is 1. The molecule has 6 nitrogen and oxygen atoms in total. The maximum atomic E-state index is 12.8. The number of rotatable bonds is 1. The second kappa shape index (κ2) is 7.78. The summed E-state index contributed by atoms with van der Waals surface area (Å²) in [5.41, 5.74) is -0.244. The number of alkyl halides is 3. The summed E-state index contributed by atoms with van der Waals surface area (Å²) in [5.74, 6) is -0.0296. The lowest BCUT2D eigenvalue weighted by molar-refractivity contribution is -0.137. The van der Waals surface area contributed by atoms with Gasteiger partial charge in [-0.3, -0.25) is 9.36 Å². The lowest BCUT2D eigenvalue weighted by Crippen LogP contribution is -2.49. The zero-order valence-electron chi connectivity index (χ0n) is 15.4. The van der Waals surface area contributed by atoms with Crippen LogP contribution in [0.4, 0.5) is 18.0 Å². The van der Waals surface area contributed by atoms with E-state index in [9.17, 15) is 22.8 Å². The van der Waals surface area contributed by atoms with Gasteiger partial charge >= 0.3 is 12.2 Å². The van der Waals surface area contributed by atoms with Gasteiger partial charge in [-0.15, -0.1) is 11.3 Å². The van der Waals surface area contributed by atoms with Crippen LogP contribution in [0.25, 0.3) is 5.69 Å². The highest BCUT2D eigenvalue weighted by atomic mass is 32.1. The molecule has 1 saturated heterocycles. The number of hydrogen-bond acceptors (Lipinski definition) is 3. The Morgan fingerprint density at radius 3 is 2.14 bits per heavy atom. The molecular weight excluding hydrogens is 393 g/mol. The van der Waals surface area contributed by atoms with Crippen molar-refractivity contribution in [3.05, 3.63) is 45.7 Å². The topological polar surface area (TPSA) is 57.9 Å². The SMILES string of the molecule is CC(=O)N1CCN(C(=O)/N=c2\sc(C)cn2-c2ccc(C(F)(F)F)cc2)CC1. The Morgan fingerprint density at radius 2 is 1.61 bits per heavy atom. The number of aromatic nitrogens is 1. The molecule has 1 aliphatic rings. The van der Waals surface area contributed by atoms with Crippen molar-refractivity contribution in [3.63, 3.8) is 0 Å². The number of carbonyl (C=O) groups excluding carboxylic acids is 2. The average Bonchev–Trinajstić information content (AvgIpc) is 3.01.